The van der Waals surface area contributed by atoms with Crippen molar-refractivity contribution in [3.05, 3.63) is 48.3 Å². The number of benzene rings is 1. The molecule has 25 heavy (non-hydrogen) atoms. The van der Waals surface area contributed by atoms with Crippen LogP contribution in [0.4, 0.5) is 5.69 Å². The van der Waals surface area contributed by atoms with E-state index in [-0.39, 0.29) is 36.8 Å². The lowest BCUT2D eigenvalue weighted by Gasteiger charge is -2.23. The van der Waals surface area contributed by atoms with E-state index in [4.69, 9.17) is 0 Å². The third-order valence-electron chi connectivity index (χ3n) is 4.24. The highest BCUT2D eigenvalue weighted by atomic mass is 35.5. The number of hydrogen-bond acceptors (Lipinski definition) is 4. The topological polar surface area (TPSA) is 62.2 Å². The van der Waals surface area contributed by atoms with Crippen LogP contribution in [0, 0.1) is 0 Å². The van der Waals surface area contributed by atoms with Crippen molar-refractivity contribution in [2.24, 2.45) is 7.05 Å². The van der Waals surface area contributed by atoms with Crippen LogP contribution in [0.25, 0.3) is 0 Å². The van der Waals surface area contributed by atoms with E-state index < -0.39 is 0 Å². The molecule has 2 unspecified atom stereocenters. The molecule has 2 aromatic rings. The molecule has 0 spiro atoms. The number of likely N-dealkylation sites (N-methyl/N-ethyl adjacent to an activating group) is 1. The average Bonchev–Trinajstić information content (AvgIpc) is 3.18. The number of carbonyl (C=O) groups excluding carboxylic acids is 1. The molecule has 1 saturated heterocycles. The van der Waals surface area contributed by atoms with E-state index in [1.165, 1.54) is 0 Å². The fourth-order valence-corrected chi connectivity index (χ4v) is 3.05. The van der Waals surface area contributed by atoms with Crippen molar-refractivity contribution in [2.45, 2.75) is 18.5 Å². The van der Waals surface area contributed by atoms with Gasteiger partial charge in [0.1, 0.15) is 6.04 Å². The standard InChI is InChI=1S/C17H23N5O.2ClH/c1-18-16(13-10-19-21(2)11-13)17(23)22-9-8-15(12-22)20-14-6-4-3-5-7-14;;/h3-7,10-11,15-16,18,20H,8-9,12H2,1-2H3;2*1H. The number of nitrogens with one attached hydrogen (secondary N) is 2. The van der Waals surface area contributed by atoms with Gasteiger partial charge in [-0.3, -0.25) is 9.48 Å². The summed E-state index contributed by atoms with van der Waals surface area (Å²) in [4.78, 5) is 14.7. The Morgan fingerprint density at radius 1 is 1.28 bits per heavy atom. The summed E-state index contributed by atoms with van der Waals surface area (Å²) in [6.45, 7) is 1.51. The second-order valence-corrected chi connectivity index (χ2v) is 5.95. The van der Waals surface area contributed by atoms with Gasteiger partial charge in [-0.2, -0.15) is 5.10 Å². The third kappa shape index (κ3) is 5.11. The molecule has 0 aliphatic carbocycles. The summed E-state index contributed by atoms with van der Waals surface area (Å²) in [6, 6.07) is 10.1. The molecule has 2 N–H and O–H groups in total. The molecule has 6 nitrogen and oxygen atoms in total. The molecular formula is C17H25Cl2N5O. The molecule has 138 valence electrons. The van der Waals surface area contributed by atoms with Gasteiger partial charge in [0, 0.05) is 43.6 Å². The van der Waals surface area contributed by atoms with Crippen LogP contribution < -0.4 is 10.6 Å². The van der Waals surface area contributed by atoms with Gasteiger partial charge in [0.2, 0.25) is 5.91 Å². The largest absolute Gasteiger partial charge is 0.380 e. The van der Waals surface area contributed by atoms with Crippen LogP contribution in [0.15, 0.2) is 42.7 Å². The van der Waals surface area contributed by atoms with E-state index in [1.807, 2.05) is 43.4 Å². The zero-order valence-corrected chi connectivity index (χ0v) is 16.0. The number of rotatable bonds is 5. The van der Waals surface area contributed by atoms with Crippen molar-refractivity contribution < 1.29 is 4.79 Å². The summed E-state index contributed by atoms with van der Waals surface area (Å²) in [7, 11) is 3.67. The van der Waals surface area contributed by atoms with Gasteiger partial charge in [0.05, 0.1) is 6.20 Å². The van der Waals surface area contributed by atoms with Crippen molar-refractivity contribution in [2.75, 3.05) is 25.5 Å². The number of aryl methyl sites for hydroxylation is 1. The Morgan fingerprint density at radius 2 is 2.00 bits per heavy atom. The summed E-state index contributed by atoms with van der Waals surface area (Å²) in [6.07, 6.45) is 4.59. The van der Waals surface area contributed by atoms with E-state index in [1.54, 1.807) is 10.9 Å². The second-order valence-electron chi connectivity index (χ2n) is 5.95. The highest BCUT2D eigenvalue weighted by Crippen LogP contribution is 2.20. The summed E-state index contributed by atoms with van der Waals surface area (Å²) in [5, 5.41) is 10.8. The Bertz CT molecular complexity index is 664. The maximum atomic E-state index is 12.8. The molecule has 1 aromatic heterocycles. The minimum atomic E-state index is -0.334. The number of amides is 1. The van der Waals surface area contributed by atoms with E-state index in [9.17, 15) is 4.79 Å². The molecule has 1 aliphatic heterocycles. The second kappa shape index (κ2) is 9.65. The Hall–Kier alpha value is -1.76. The van der Waals surface area contributed by atoms with Crippen molar-refractivity contribution in [3.63, 3.8) is 0 Å². The van der Waals surface area contributed by atoms with Gasteiger partial charge < -0.3 is 15.5 Å². The first-order valence-corrected chi connectivity index (χ1v) is 7.93. The van der Waals surface area contributed by atoms with Crippen molar-refractivity contribution in [1.82, 2.24) is 20.0 Å². The summed E-state index contributed by atoms with van der Waals surface area (Å²) >= 11 is 0. The van der Waals surface area contributed by atoms with Crippen LogP contribution in [-0.4, -0.2) is 46.8 Å². The van der Waals surface area contributed by atoms with Gasteiger partial charge in [-0.1, -0.05) is 18.2 Å². The molecule has 0 saturated carbocycles. The van der Waals surface area contributed by atoms with Gasteiger partial charge in [0.25, 0.3) is 0 Å². The van der Waals surface area contributed by atoms with Gasteiger partial charge in [-0.15, -0.1) is 24.8 Å². The molecule has 1 amide bonds. The van der Waals surface area contributed by atoms with Crippen LogP contribution in [0.3, 0.4) is 0 Å². The normalized spacial score (nSPS) is 17.4. The Morgan fingerprint density at radius 3 is 2.60 bits per heavy atom. The highest BCUT2D eigenvalue weighted by Gasteiger charge is 2.31. The minimum absolute atomic E-state index is 0. The number of likely N-dealkylation sites (tertiary alicyclic amines) is 1. The molecule has 1 aromatic carbocycles. The number of hydrogen-bond donors (Lipinski definition) is 2. The quantitative estimate of drug-likeness (QED) is 0.828. The van der Waals surface area contributed by atoms with E-state index >= 15 is 0 Å². The predicted octanol–water partition coefficient (Wildman–Crippen LogP) is 2.24. The monoisotopic (exact) mass is 385 g/mol. The van der Waals surface area contributed by atoms with E-state index in [2.05, 4.69) is 27.9 Å². The molecule has 2 atom stereocenters. The highest BCUT2D eigenvalue weighted by molar-refractivity contribution is 5.85. The van der Waals surface area contributed by atoms with Crippen molar-refractivity contribution in [1.29, 1.82) is 0 Å². The average molecular weight is 386 g/mol. The summed E-state index contributed by atoms with van der Waals surface area (Å²) in [5.74, 6) is 0.109. The van der Waals surface area contributed by atoms with Crippen LogP contribution in [0.5, 0.6) is 0 Å². The minimum Gasteiger partial charge on any atom is -0.380 e. The smallest absolute Gasteiger partial charge is 0.244 e. The molecule has 8 heteroatoms. The van der Waals surface area contributed by atoms with E-state index in [0.717, 1.165) is 30.8 Å². The Balaban J connectivity index is 0.00000156. The molecular weight excluding hydrogens is 361 g/mol. The van der Waals surface area contributed by atoms with Gasteiger partial charge in [-0.25, -0.2) is 0 Å². The van der Waals surface area contributed by atoms with Gasteiger partial charge in [-0.05, 0) is 25.6 Å². The number of anilines is 1. The zero-order valence-electron chi connectivity index (χ0n) is 14.4. The van der Waals surface area contributed by atoms with Crippen molar-refractivity contribution in [3.8, 4) is 0 Å². The lowest BCUT2D eigenvalue weighted by molar-refractivity contribution is -0.132. The summed E-state index contributed by atoms with van der Waals surface area (Å²) < 4.78 is 1.72. The maximum Gasteiger partial charge on any atom is 0.244 e. The van der Waals surface area contributed by atoms with Crippen LogP contribution in [-0.2, 0) is 11.8 Å². The van der Waals surface area contributed by atoms with Crippen LogP contribution in [0.2, 0.25) is 0 Å². The molecule has 1 fully saturated rings. The number of para-hydroxylation sites is 1. The SMILES string of the molecule is CNC(C(=O)N1CCC(Nc2ccccc2)C1)c1cnn(C)c1.Cl.Cl. The Labute approximate surface area is 160 Å². The number of nitrogens with zero attached hydrogens (tertiary/aromatic N) is 3. The molecule has 3 rings (SSSR count). The van der Waals surface area contributed by atoms with Gasteiger partial charge >= 0.3 is 0 Å². The number of aromatic nitrogens is 2. The molecule has 0 radical (unpaired) electrons. The maximum absolute atomic E-state index is 12.8. The fraction of sp³-hybridized carbons (Fsp3) is 0.412. The lowest BCUT2D eigenvalue weighted by Crippen LogP contribution is -2.39. The number of halogens is 2. The van der Waals surface area contributed by atoms with E-state index in [0.29, 0.717) is 6.04 Å². The predicted molar refractivity (Wildman–Crippen MR) is 105 cm³/mol. The summed E-state index contributed by atoms with van der Waals surface area (Å²) in [5.41, 5.74) is 2.00. The van der Waals surface area contributed by atoms with Crippen LogP contribution in [0.1, 0.15) is 18.0 Å². The first-order valence-electron chi connectivity index (χ1n) is 7.93. The lowest BCUT2D eigenvalue weighted by atomic mass is 10.1. The molecule has 2 heterocycles. The zero-order chi connectivity index (χ0) is 16.2. The Kier molecular flexibility index (Phi) is 8.22. The number of carbonyl (C=O) groups is 1. The first kappa shape index (κ1) is 21.3. The fourth-order valence-electron chi connectivity index (χ4n) is 3.05. The first-order chi connectivity index (χ1) is 11.2. The third-order valence-corrected chi connectivity index (χ3v) is 4.24. The van der Waals surface area contributed by atoms with Crippen molar-refractivity contribution >= 4 is 36.4 Å². The van der Waals surface area contributed by atoms with Gasteiger partial charge in [0.15, 0.2) is 0 Å². The molecule has 1 aliphatic rings. The van der Waals surface area contributed by atoms with Crippen LogP contribution >= 0.6 is 24.8 Å². The molecule has 0 bridgehead atoms.